The van der Waals surface area contributed by atoms with Gasteiger partial charge in [-0.05, 0) is 18.2 Å². The monoisotopic (exact) mass is 343 g/mol. The highest BCUT2D eigenvalue weighted by Gasteiger charge is 2.35. The molecule has 1 unspecified atom stereocenters. The maximum Gasteiger partial charge on any atom is 0.345 e. The zero-order valence-corrected chi connectivity index (χ0v) is 13.5. The number of aryl methyl sites for hydroxylation is 1. The van der Waals surface area contributed by atoms with Crippen molar-refractivity contribution in [1.82, 2.24) is 9.55 Å². The summed E-state index contributed by atoms with van der Waals surface area (Å²) in [6, 6.07) is 10.4. The van der Waals surface area contributed by atoms with Crippen molar-refractivity contribution in [1.29, 1.82) is 0 Å². The Kier molecular flexibility index (Phi) is 3.87. The van der Waals surface area contributed by atoms with E-state index < -0.39 is 11.0 Å². The SMILES string of the molecule is Cn1cc(C(=O)c2ccc(C(N)(Cl)C(=O)O)nc2)c2ccccc21. The Morgan fingerprint density at radius 2 is 1.96 bits per heavy atom. The number of carbonyl (C=O) groups is 2. The van der Waals surface area contributed by atoms with E-state index in [1.165, 1.54) is 18.3 Å². The number of nitrogens with zero attached hydrogens (tertiary/aromatic N) is 2. The summed E-state index contributed by atoms with van der Waals surface area (Å²) < 4.78 is 1.87. The van der Waals surface area contributed by atoms with E-state index in [0.717, 1.165) is 10.9 Å². The Bertz CT molecular complexity index is 945. The number of halogens is 1. The van der Waals surface area contributed by atoms with Gasteiger partial charge in [0.2, 0.25) is 5.00 Å². The molecule has 0 saturated carbocycles. The number of fused-ring (bicyclic) bond motifs is 1. The molecule has 0 fully saturated rings. The molecule has 2 heterocycles. The van der Waals surface area contributed by atoms with Gasteiger partial charge >= 0.3 is 5.97 Å². The predicted octanol–water partition coefficient (Wildman–Crippen LogP) is 2.24. The molecule has 1 atom stereocenters. The number of alkyl halides is 1. The zero-order valence-electron chi connectivity index (χ0n) is 12.7. The van der Waals surface area contributed by atoms with E-state index in [1.54, 1.807) is 6.20 Å². The summed E-state index contributed by atoms with van der Waals surface area (Å²) in [5, 5.41) is 9.84. The average molecular weight is 344 g/mol. The first-order chi connectivity index (χ1) is 11.3. The second-order valence-corrected chi connectivity index (χ2v) is 6.05. The van der Waals surface area contributed by atoms with Crippen LogP contribution in [0.4, 0.5) is 0 Å². The third-order valence-electron chi connectivity index (χ3n) is 3.85. The summed E-state index contributed by atoms with van der Waals surface area (Å²) in [4.78, 5) is 25.6. The van der Waals surface area contributed by atoms with E-state index in [4.69, 9.17) is 22.4 Å². The number of pyridine rings is 1. The van der Waals surface area contributed by atoms with Crippen molar-refractivity contribution in [2.75, 3.05) is 0 Å². The van der Waals surface area contributed by atoms with Crippen molar-refractivity contribution in [2.24, 2.45) is 12.8 Å². The van der Waals surface area contributed by atoms with Crippen LogP contribution < -0.4 is 5.73 Å². The van der Waals surface area contributed by atoms with Crippen LogP contribution in [0.5, 0.6) is 0 Å². The Hall–Kier alpha value is -2.70. The van der Waals surface area contributed by atoms with E-state index in [1.807, 2.05) is 35.9 Å². The van der Waals surface area contributed by atoms with Crippen LogP contribution in [0, 0.1) is 0 Å². The minimum atomic E-state index is -2.12. The van der Waals surface area contributed by atoms with Crippen molar-refractivity contribution in [3.8, 4) is 0 Å². The summed E-state index contributed by atoms with van der Waals surface area (Å²) in [5.41, 5.74) is 7.29. The minimum absolute atomic E-state index is 0.0360. The fraction of sp³-hybridized carbons (Fsp3) is 0.118. The number of aliphatic carboxylic acids is 1. The second-order valence-electron chi connectivity index (χ2n) is 5.45. The van der Waals surface area contributed by atoms with Crippen molar-refractivity contribution >= 4 is 34.3 Å². The summed E-state index contributed by atoms with van der Waals surface area (Å²) in [5.74, 6) is -1.62. The first-order valence-corrected chi connectivity index (χ1v) is 7.46. The van der Waals surface area contributed by atoms with E-state index in [-0.39, 0.29) is 11.5 Å². The Labute approximate surface area is 142 Å². The smallest absolute Gasteiger partial charge is 0.345 e. The van der Waals surface area contributed by atoms with Gasteiger partial charge in [0.15, 0.2) is 5.78 Å². The summed E-state index contributed by atoms with van der Waals surface area (Å²) >= 11 is 5.75. The lowest BCUT2D eigenvalue weighted by molar-refractivity contribution is -0.140. The van der Waals surface area contributed by atoms with Gasteiger partial charge in [-0.25, -0.2) is 4.79 Å². The number of hydrogen-bond acceptors (Lipinski definition) is 4. The topological polar surface area (TPSA) is 98.2 Å². The largest absolute Gasteiger partial charge is 0.479 e. The van der Waals surface area contributed by atoms with Crippen LogP contribution in [-0.4, -0.2) is 26.4 Å². The third-order valence-corrected chi connectivity index (χ3v) is 4.21. The summed E-state index contributed by atoms with van der Waals surface area (Å²) in [6.45, 7) is 0. The molecule has 3 rings (SSSR count). The average Bonchev–Trinajstić information content (AvgIpc) is 2.91. The lowest BCUT2D eigenvalue weighted by Crippen LogP contribution is -2.39. The highest BCUT2D eigenvalue weighted by atomic mass is 35.5. The van der Waals surface area contributed by atoms with Crippen LogP contribution in [0.15, 0.2) is 48.8 Å². The lowest BCUT2D eigenvalue weighted by atomic mass is 10.0. The number of ketones is 1. The predicted molar refractivity (Wildman–Crippen MR) is 89.9 cm³/mol. The van der Waals surface area contributed by atoms with Crippen LogP contribution >= 0.6 is 11.6 Å². The number of carbonyl (C=O) groups excluding carboxylic acids is 1. The summed E-state index contributed by atoms with van der Waals surface area (Å²) in [6.07, 6.45) is 3.04. The molecule has 2 aromatic heterocycles. The van der Waals surface area contributed by atoms with E-state index >= 15 is 0 Å². The van der Waals surface area contributed by atoms with Crippen molar-refractivity contribution in [3.05, 3.63) is 65.6 Å². The van der Waals surface area contributed by atoms with Crippen molar-refractivity contribution in [2.45, 2.75) is 5.00 Å². The fourth-order valence-corrected chi connectivity index (χ4v) is 2.64. The first kappa shape index (κ1) is 16.2. The van der Waals surface area contributed by atoms with Crippen molar-refractivity contribution < 1.29 is 14.7 Å². The molecule has 0 aliphatic rings. The second kappa shape index (κ2) is 5.74. The summed E-state index contributed by atoms with van der Waals surface area (Å²) in [7, 11) is 1.86. The number of rotatable bonds is 4. The van der Waals surface area contributed by atoms with Crippen LogP contribution in [0.2, 0.25) is 0 Å². The van der Waals surface area contributed by atoms with Crippen LogP contribution in [-0.2, 0) is 16.8 Å². The highest BCUT2D eigenvalue weighted by molar-refractivity contribution is 6.32. The van der Waals surface area contributed by atoms with Gasteiger partial charge in [0.1, 0.15) is 0 Å². The highest BCUT2D eigenvalue weighted by Crippen LogP contribution is 2.25. The third kappa shape index (κ3) is 2.55. The maximum atomic E-state index is 12.7. The van der Waals surface area contributed by atoms with Gasteiger partial charge in [-0.15, -0.1) is 0 Å². The van der Waals surface area contributed by atoms with Crippen LogP contribution in [0.25, 0.3) is 10.9 Å². The van der Waals surface area contributed by atoms with Gasteiger partial charge in [0.05, 0.1) is 5.69 Å². The quantitative estimate of drug-likeness (QED) is 0.430. The molecule has 0 bridgehead atoms. The molecule has 1 aromatic carbocycles. The molecular weight excluding hydrogens is 330 g/mol. The number of nitrogens with two attached hydrogens (primary N) is 1. The van der Waals surface area contributed by atoms with Gasteiger partial charge in [-0.1, -0.05) is 29.8 Å². The number of benzene rings is 1. The molecule has 0 amide bonds. The molecule has 7 heteroatoms. The van der Waals surface area contributed by atoms with Gasteiger partial charge in [0.25, 0.3) is 0 Å². The van der Waals surface area contributed by atoms with Crippen molar-refractivity contribution in [3.63, 3.8) is 0 Å². The number of para-hydroxylation sites is 1. The van der Waals surface area contributed by atoms with Gasteiger partial charge < -0.3 is 9.67 Å². The first-order valence-electron chi connectivity index (χ1n) is 7.09. The van der Waals surface area contributed by atoms with Crippen LogP contribution in [0.1, 0.15) is 21.6 Å². The maximum absolute atomic E-state index is 12.7. The number of carboxylic acid groups (broad SMARTS) is 1. The molecule has 0 saturated heterocycles. The molecule has 122 valence electrons. The van der Waals surface area contributed by atoms with E-state index in [2.05, 4.69) is 4.98 Å². The molecular formula is C17H14ClN3O3. The molecule has 0 radical (unpaired) electrons. The molecule has 6 nitrogen and oxygen atoms in total. The Balaban J connectivity index is 2.00. The van der Waals surface area contributed by atoms with E-state index in [0.29, 0.717) is 11.1 Å². The molecule has 0 spiro atoms. The molecule has 0 aliphatic carbocycles. The molecule has 24 heavy (non-hydrogen) atoms. The molecule has 0 aliphatic heterocycles. The molecule has 3 aromatic rings. The van der Waals surface area contributed by atoms with Crippen LogP contribution in [0.3, 0.4) is 0 Å². The van der Waals surface area contributed by atoms with Gasteiger partial charge in [0, 0.05) is 41.5 Å². The number of hydrogen-bond donors (Lipinski definition) is 2. The van der Waals surface area contributed by atoms with Gasteiger partial charge in [-0.3, -0.25) is 15.5 Å². The number of aromatic nitrogens is 2. The lowest BCUT2D eigenvalue weighted by Gasteiger charge is -2.15. The Morgan fingerprint density at radius 3 is 2.58 bits per heavy atom. The zero-order chi connectivity index (χ0) is 17.5. The van der Waals surface area contributed by atoms with Gasteiger partial charge in [-0.2, -0.15) is 0 Å². The number of carboxylic acids is 1. The fourth-order valence-electron chi connectivity index (χ4n) is 2.53. The minimum Gasteiger partial charge on any atom is -0.479 e. The molecule has 3 N–H and O–H groups in total. The Morgan fingerprint density at radius 1 is 1.25 bits per heavy atom. The van der Waals surface area contributed by atoms with E-state index in [9.17, 15) is 9.59 Å². The normalized spacial score (nSPS) is 13.6. The standard InChI is InChI=1S/C17H14ClN3O3/c1-21-9-12(11-4-2-3-5-13(11)21)15(22)10-6-7-14(20-8-10)17(18,19)16(23)24/h2-9H,19H2,1H3,(H,23,24).